The minimum atomic E-state index is -0.750. The van der Waals surface area contributed by atoms with Gasteiger partial charge >= 0.3 is 11.9 Å². The van der Waals surface area contributed by atoms with Crippen molar-refractivity contribution < 1.29 is 19.1 Å². The van der Waals surface area contributed by atoms with E-state index in [9.17, 15) is 9.59 Å². The zero-order chi connectivity index (χ0) is 13.7. The van der Waals surface area contributed by atoms with Gasteiger partial charge in [0.05, 0.1) is 12.2 Å². The molecule has 0 unspecified atom stereocenters. The molecule has 1 fully saturated rings. The van der Waals surface area contributed by atoms with Gasteiger partial charge in [-0.1, -0.05) is 19.3 Å². The molecule has 1 saturated carbocycles. The molecule has 0 amide bonds. The summed E-state index contributed by atoms with van der Waals surface area (Å²) in [5.41, 5.74) is 0. The van der Waals surface area contributed by atoms with Crippen LogP contribution in [0.15, 0.2) is 0 Å². The molecule has 0 aromatic heterocycles. The zero-order valence-electron chi connectivity index (χ0n) is 11.8. The fourth-order valence-corrected chi connectivity index (χ4v) is 1.98. The molecule has 104 valence electrons. The van der Waals surface area contributed by atoms with Crippen LogP contribution in [0.4, 0.5) is 0 Å². The van der Waals surface area contributed by atoms with Crippen molar-refractivity contribution in [3.05, 3.63) is 0 Å². The van der Waals surface area contributed by atoms with Gasteiger partial charge in [-0.25, -0.2) is 0 Å². The third-order valence-corrected chi connectivity index (χ3v) is 3.07. The fraction of sp³-hybridized carbons (Fsp3) is 0.857. The molecule has 1 aliphatic carbocycles. The second kappa shape index (κ2) is 6.76. The van der Waals surface area contributed by atoms with E-state index in [-0.39, 0.29) is 12.2 Å². The number of ether oxygens (including phenoxy) is 2. The largest absolute Gasteiger partial charge is 0.462 e. The summed E-state index contributed by atoms with van der Waals surface area (Å²) >= 11 is 0. The van der Waals surface area contributed by atoms with Crippen molar-refractivity contribution in [2.24, 2.45) is 11.8 Å². The van der Waals surface area contributed by atoms with E-state index in [0.717, 1.165) is 12.8 Å². The molecule has 0 bridgehead atoms. The second-order valence-electron chi connectivity index (χ2n) is 5.56. The normalized spacial score (nSPS) is 15.9. The van der Waals surface area contributed by atoms with Gasteiger partial charge in [-0.05, 0) is 40.0 Å². The summed E-state index contributed by atoms with van der Waals surface area (Å²) in [6.07, 6.45) is 3.55. The quantitative estimate of drug-likeness (QED) is 0.541. The van der Waals surface area contributed by atoms with Crippen LogP contribution in [-0.2, 0) is 19.1 Å². The van der Waals surface area contributed by atoms with Crippen LogP contribution in [0.1, 0.15) is 53.4 Å². The molecular formula is C14H24O4. The Kier molecular flexibility index (Phi) is 5.63. The van der Waals surface area contributed by atoms with Crippen LogP contribution in [0.3, 0.4) is 0 Å². The molecule has 1 aliphatic rings. The molecule has 0 heterocycles. The Morgan fingerprint density at radius 2 is 1.44 bits per heavy atom. The summed E-state index contributed by atoms with van der Waals surface area (Å²) in [5, 5.41) is 0. The molecule has 0 aliphatic heterocycles. The Morgan fingerprint density at radius 1 is 1.00 bits per heavy atom. The highest BCUT2D eigenvalue weighted by Crippen LogP contribution is 2.33. The van der Waals surface area contributed by atoms with Crippen LogP contribution < -0.4 is 0 Å². The fourth-order valence-electron chi connectivity index (χ4n) is 1.98. The average molecular weight is 256 g/mol. The van der Waals surface area contributed by atoms with Gasteiger partial charge in [0.15, 0.2) is 5.92 Å². The number of hydrogen-bond acceptors (Lipinski definition) is 4. The maximum atomic E-state index is 11.9. The van der Waals surface area contributed by atoms with Crippen molar-refractivity contribution in [2.75, 3.05) is 0 Å². The van der Waals surface area contributed by atoms with E-state index in [1.807, 2.05) is 0 Å². The molecule has 4 nitrogen and oxygen atoms in total. The molecule has 18 heavy (non-hydrogen) atoms. The monoisotopic (exact) mass is 256 g/mol. The number of esters is 2. The highest BCUT2D eigenvalue weighted by molar-refractivity contribution is 5.95. The van der Waals surface area contributed by atoms with Gasteiger partial charge in [0.25, 0.3) is 0 Å². The lowest BCUT2D eigenvalue weighted by Crippen LogP contribution is -2.33. The second-order valence-corrected chi connectivity index (χ2v) is 5.56. The van der Waals surface area contributed by atoms with Crippen molar-refractivity contribution >= 4 is 11.9 Å². The Morgan fingerprint density at radius 3 is 1.72 bits per heavy atom. The smallest absolute Gasteiger partial charge is 0.320 e. The molecule has 0 saturated heterocycles. The maximum absolute atomic E-state index is 11.9. The van der Waals surface area contributed by atoms with Crippen LogP contribution in [0, 0.1) is 11.8 Å². The first kappa shape index (κ1) is 15.0. The minimum Gasteiger partial charge on any atom is -0.462 e. The van der Waals surface area contributed by atoms with Crippen LogP contribution in [-0.4, -0.2) is 24.1 Å². The average Bonchev–Trinajstić information content (AvgIpc) is 2.12. The van der Waals surface area contributed by atoms with Crippen LogP contribution in [0.5, 0.6) is 0 Å². The standard InChI is InChI=1S/C14H24O4/c1-9(2)17-13(15)12(8-11-6-5-7-11)14(16)18-10(3)4/h9-12H,5-8H2,1-4H3. The predicted octanol–water partition coefficient (Wildman–Crippen LogP) is 2.70. The topological polar surface area (TPSA) is 52.6 Å². The van der Waals surface area contributed by atoms with E-state index in [4.69, 9.17) is 9.47 Å². The van der Waals surface area contributed by atoms with E-state index < -0.39 is 17.9 Å². The summed E-state index contributed by atoms with van der Waals surface area (Å²) < 4.78 is 10.3. The minimum absolute atomic E-state index is 0.201. The van der Waals surface area contributed by atoms with Crippen molar-refractivity contribution in [2.45, 2.75) is 65.6 Å². The lowest BCUT2D eigenvalue weighted by Gasteiger charge is -2.28. The van der Waals surface area contributed by atoms with E-state index in [1.54, 1.807) is 27.7 Å². The van der Waals surface area contributed by atoms with Crippen molar-refractivity contribution in [1.29, 1.82) is 0 Å². The number of hydrogen-bond donors (Lipinski definition) is 0. The van der Waals surface area contributed by atoms with Gasteiger partial charge < -0.3 is 9.47 Å². The lowest BCUT2D eigenvalue weighted by atomic mass is 9.79. The van der Waals surface area contributed by atoms with Crippen LogP contribution in [0.2, 0.25) is 0 Å². The van der Waals surface area contributed by atoms with Gasteiger partial charge in [0.2, 0.25) is 0 Å². The number of rotatable bonds is 6. The molecule has 0 aromatic carbocycles. The van der Waals surface area contributed by atoms with E-state index in [1.165, 1.54) is 6.42 Å². The molecule has 0 spiro atoms. The molecule has 0 aromatic rings. The molecule has 0 N–H and O–H groups in total. The third kappa shape index (κ3) is 4.67. The van der Waals surface area contributed by atoms with Crippen molar-refractivity contribution in [1.82, 2.24) is 0 Å². The maximum Gasteiger partial charge on any atom is 0.320 e. The Balaban J connectivity index is 2.60. The Bertz CT molecular complexity index is 270. The van der Waals surface area contributed by atoms with E-state index in [0.29, 0.717) is 12.3 Å². The van der Waals surface area contributed by atoms with E-state index in [2.05, 4.69) is 0 Å². The van der Waals surface area contributed by atoms with Gasteiger partial charge in [-0.2, -0.15) is 0 Å². The zero-order valence-corrected chi connectivity index (χ0v) is 11.8. The molecule has 1 rings (SSSR count). The van der Waals surface area contributed by atoms with Gasteiger partial charge in [0, 0.05) is 0 Å². The summed E-state index contributed by atoms with van der Waals surface area (Å²) in [5.74, 6) is -1.17. The Hall–Kier alpha value is -1.06. The van der Waals surface area contributed by atoms with E-state index >= 15 is 0 Å². The summed E-state index contributed by atoms with van der Waals surface area (Å²) in [6, 6.07) is 0. The molecule has 0 radical (unpaired) electrons. The SMILES string of the molecule is CC(C)OC(=O)C(CC1CCC1)C(=O)OC(C)C. The van der Waals surface area contributed by atoms with Gasteiger partial charge in [-0.3, -0.25) is 9.59 Å². The molecule has 4 heteroatoms. The number of carbonyl (C=O) groups is 2. The van der Waals surface area contributed by atoms with Crippen LogP contribution in [0.25, 0.3) is 0 Å². The number of carbonyl (C=O) groups excluding carboxylic acids is 2. The Labute approximate surface area is 109 Å². The third-order valence-electron chi connectivity index (χ3n) is 3.07. The highest BCUT2D eigenvalue weighted by atomic mass is 16.6. The first-order valence-corrected chi connectivity index (χ1v) is 6.81. The first-order valence-electron chi connectivity index (χ1n) is 6.81. The van der Waals surface area contributed by atoms with Crippen LogP contribution >= 0.6 is 0 Å². The summed E-state index contributed by atoms with van der Waals surface area (Å²) in [4.78, 5) is 23.9. The van der Waals surface area contributed by atoms with Gasteiger partial charge in [0.1, 0.15) is 0 Å². The predicted molar refractivity (Wildman–Crippen MR) is 67.9 cm³/mol. The van der Waals surface area contributed by atoms with Crippen molar-refractivity contribution in [3.8, 4) is 0 Å². The summed E-state index contributed by atoms with van der Waals surface area (Å²) in [6.45, 7) is 7.14. The highest BCUT2D eigenvalue weighted by Gasteiger charge is 2.35. The summed E-state index contributed by atoms with van der Waals surface area (Å²) in [7, 11) is 0. The lowest BCUT2D eigenvalue weighted by molar-refractivity contribution is -0.167. The van der Waals surface area contributed by atoms with Gasteiger partial charge in [-0.15, -0.1) is 0 Å². The van der Waals surface area contributed by atoms with Crippen molar-refractivity contribution in [3.63, 3.8) is 0 Å². The molecule has 0 atom stereocenters. The first-order chi connectivity index (χ1) is 8.40. The molecular weight excluding hydrogens is 232 g/mol.